The number of guanidine groups is 1. The van der Waals surface area contributed by atoms with Crippen LogP contribution >= 0.6 is 24.0 Å². The smallest absolute Gasteiger partial charge is 0.234 e. The molecule has 0 aliphatic carbocycles. The minimum atomic E-state index is -0.162. The number of nitrogens with one attached hydrogen (secondary N) is 2. The van der Waals surface area contributed by atoms with Crippen LogP contribution in [0.3, 0.4) is 0 Å². The third-order valence-electron chi connectivity index (χ3n) is 4.14. The molecular weight excluding hydrogens is 429 g/mol. The Morgan fingerprint density at radius 1 is 1.28 bits per heavy atom. The Kier molecular flexibility index (Phi) is 11.7. The van der Waals surface area contributed by atoms with Gasteiger partial charge in [0.05, 0.1) is 6.54 Å². The van der Waals surface area contributed by atoms with Crippen molar-refractivity contribution >= 4 is 35.8 Å². The average Bonchev–Trinajstić information content (AvgIpc) is 2.44. The molecule has 148 valence electrons. The highest BCUT2D eigenvalue weighted by Gasteiger charge is 2.22. The van der Waals surface area contributed by atoms with Crippen molar-refractivity contribution in [3.05, 3.63) is 0 Å². The van der Waals surface area contributed by atoms with E-state index >= 15 is 0 Å². The number of nitrogens with two attached hydrogens (primary N) is 1. The molecule has 0 radical (unpaired) electrons. The lowest BCUT2D eigenvalue weighted by Gasteiger charge is -2.31. The van der Waals surface area contributed by atoms with Gasteiger partial charge in [-0.05, 0) is 65.0 Å². The first-order valence-corrected chi connectivity index (χ1v) is 9.23. The first-order chi connectivity index (χ1) is 11.2. The number of hydrogen-bond donors (Lipinski definition) is 3. The van der Waals surface area contributed by atoms with Crippen LogP contribution in [0.1, 0.15) is 53.9 Å². The van der Waals surface area contributed by atoms with E-state index in [9.17, 15) is 4.79 Å². The van der Waals surface area contributed by atoms with Gasteiger partial charge in [-0.25, -0.2) is 0 Å². The number of carbonyl (C=O) groups is 1. The second kappa shape index (κ2) is 11.9. The SMILES string of the molecule is CC(C)CCNC(N)=NCC1CCN(CC(=O)NC(C)(C)C)CC1.I. The van der Waals surface area contributed by atoms with Gasteiger partial charge in [0.2, 0.25) is 5.91 Å². The van der Waals surface area contributed by atoms with E-state index in [-0.39, 0.29) is 35.4 Å². The summed E-state index contributed by atoms with van der Waals surface area (Å²) in [5.41, 5.74) is 5.74. The fraction of sp³-hybridized carbons (Fsp3) is 0.889. The number of amides is 1. The third kappa shape index (κ3) is 12.4. The first-order valence-electron chi connectivity index (χ1n) is 9.23. The van der Waals surface area contributed by atoms with E-state index < -0.39 is 0 Å². The normalized spacial score (nSPS) is 17.3. The van der Waals surface area contributed by atoms with E-state index in [2.05, 4.69) is 34.4 Å². The van der Waals surface area contributed by atoms with Gasteiger partial charge in [-0.15, -0.1) is 24.0 Å². The second-order valence-corrected chi connectivity index (χ2v) is 8.35. The lowest BCUT2D eigenvalue weighted by Crippen LogP contribution is -2.47. The Morgan fingerprint density at radius 3 is 2.40 bits per heavy atom. The molecule has 0 aromatic rings. The molecule has 0 spiro atoms. The zero-order valence-electron chi connectivity index (χ0n) is 16.6. The molecule has 1 aliphatic rings. The fourth-order valence-corrected chi connectivity index (χ4v) is 2.76. The van der Waals surface area contributed by atoms with Gasteiger partial charge in [-0.1, -0.05) is 13.8 Å². The summed E-state index contributed by atoms with van der Waals surface area (Å²) in [6.07, 6.45) is 3.25. The van der Waals surface area contributed by atoms with Crippen molar-refractivity contribution < 1.29 is 4.79 Å². The van der Waals surface area contributed by atoms with Crippen molar-refractivity contribution in [1.29, 1.82) is 0 Å². The first kappa shape index (κ1) is 24.4. The number of halogens is 1. The molecule has 1 saturated heterocycles. The predicted octanol–water partition coefficient (Wildman–Crippen LogP) is 2.18. The molecule has 0 aromatic carbocycles. The largest absolute Gasteiger partial charge is 0.370 e. The second-order valence-electron chi connectivity index (χ2n) is 8.35. The summed E-state index contributed by atoms with van der Waals surface area (Å²) in [5.74, 6) is 1.91. The van der Waals surface area contributed by atoms with Crippen LogP contribution in [0.5, 0.6) is 0 Å². The Morgan fingerprint density at radius 2 is 1.88 bits per heavy atom. The highest BCUT2D eigenvalue weighted by Crippen LogP contribution is 2.17. The number of hydrogen-bond acceptors (Lipinski definition) is 3. The quantitative estimate of drug-likeness (QED) is 0.305. The average molecular weight is 467 g/mol. The van der Waals surface area contributed by atoms with Gasteiger partial charge < -0.3 is 16.4 Å². The fourth-order valence-electron chi connectivity index (χ4n) is 2.76. The number of aliphatic imine (C=N–C) groups is 1. The minimum Gasteiger partial charge on any atom is -0.370 e. The molecular formula is C18H38IN5O. The van der Waals surface area contributed by atoms with Crippen molar-refractivity contribution in [2.75, 3.05) is 32.7 Å². The lowest BCUT2D eigenvalue weighted by atomic mass is 9.97. The highest BCUT2D eigenvalue weighted by atomic mass is 127. The van der Waals surface area contributed by atoms with Crippen LogP contribution in [-0.2, 0) is 4.79 Å². The molecule has 1 aliphatic heterocycles. The molecule has 0 bridgehead atoms. The molecule has 1 rings (SSSR count). The highest BCUT2D eigenvalue weighted by molar-refractivity contribution is 14.0. The lowest BCUT2D eigenvalue weighted by molar-refractivity contribution is -0.124. The molecule has 0 saturated carbocycles. The summed E-state index contributed by atoms with van der Waals surface area (Å²) in [4.78, 5) is 18.7. The Hall–Kier alpha value is -0.570. The number of piperidine rings is 1. The van der Waals surface area contributed by atoms with Crippen LogP contribution in [0.25, 0.3) is 0 Å². The molecule has 1 amide bonds. The maximum absolute atomic E-state index is 12.0. The molecule has 4 N–H and O–H groups in total. The molecule has 0 unspecified atom stereocenters. The molecule has 1 fully saturated rings. The molecule has 7 heteroatoms. The van der Waals surface area contributed by atoms with Crippen LogP contribution in [0.2, 0.25) is 0 Å². The number of likely N-dealkylation sites (tertiary alicyclic amines) is 1. The number of nitrogens with zero attached hydrogens (tertiary/aromatic N) is 2. The predicted molar refractivity (Wildman–Crippen MR) is 116 cm³/mol. The van der Waals surface area contributed by atoms with Crippen LogP contribution in [-0.4, -0.2) is 55.0 Å². The van der Waals surface area contributed by atoms with Crippen molar-refractivity contribution in [3.8, 4) is 0 Å². The molecule has 25 heavy (non-hydrogen) atoms. The van der Waals surface area contributed by atoms with E-state index in [0.717, 1.165) is 45.4 Å². The maximum atomic E-state index is 12.0. The van der Waals surface area contributed by atoms with Gasteiger partial charge in [-0.2, -0.15) is 0 Å². The molecule has 6 nitrogen and oxygen atoms in total. The van der Waals surface area contributed by atoms with Crippen LogP contribution in [0, 0.1) is 11.8 Å². The zero-order valence-corrected chi connectivity index (χ0v) is 18.9. The van der Waals surface area contributed by atoms with E-state index in [1.165, 1.54) is 0 Å². The van der Waals surface area contributed by atoms with Gasteiger partial charge >= 0.3 is 0 Å². The summed E-state index contributed by atoms with van der Waals surface area (Å²) >= 11 is 0. The van der Waals surface area contributed by atoms with Gasteiger partial charge in [0, 0.05) is 18.6 Å². The van der Waals surface area contributed by atoms with Crippen LogP contribution < -0.4 is 16.4 Å². The summed E-state index contributed by atoms with van der Waals surface area (Å²) in [7, 11) is 0. The van der Waals surface area contributed by atoms with Crippen LogP contribution in [0.4, 0.5) is 0 Å². The van der Waals surface area contributed by atoms with E-state index in [0.29, 0.717) is 24.3 Å². The topological polar surface area (TPSA) is 82.8 Å². The third-order valence-corrected chi connectivity index (χ3v) is 4.14. The van der Waals surface area contributed by atoms with Gasteiger partial charge in [0.1, 0.15) is 0 Å². The van der Waals surface area contributed by atoms with E-state index in [1.54, 1.807) is 0 Å². The van der Waals surface area contributed by atoms with Crippen molar-refractivity contribution in [3.63, 3.8) is 0 Å². The van der Waals surface area contributed by atoms with Gasteiger partial charge in [-0.3, -0.25) is 14.7 Å². The zero-order chi connectivity index (χ0) is 18.2. The van der Waals surface area contributed by atoms with Gasteiger partial charge in [0.15, 0.2) is 5.96 Å². The summed E-state index contributed by atoms with van der Waals surface area (Å²) in [6.45, 7) is 14.5. The monoisotopic (exact) mass is 467 g/mol. The van der Waals surface area contributed by atoms with Crippen molar-refractivity contribution in [2.24, 2.45) is 22.6 Å². The molecule has 1 heterocycles. The van der Waals surface area contributed by atoms with Crippen molar-refractivity contribution in [2.45, 2.75) is 59.4 Å². The van der Waals surface area contributed by atoms with E-state index in [1.807, 2.05) is 20.8 Å². The molecule has 0 atom stereocenters. The summed E-state index contributed by atoms with van der Waals surface area (Å²) < 4.78 is 0. The maximum Gasteiger partial charge on any atom is 0.234 e. The van der Waals surface area contributed by atoms with Crippen molar-refractivity contribution in [1.82, 2.24) is 15.5 Å². The summed E-state index contributed by atoms with van der Waals surface area (Å²) in [5, 5.41) is 6.19. The molecule has 0 aromatic heterocycles. The van der Waals surface area contributed by atoms with E-state index in [4.69, 9.17) is 5.73 Å². The van der Waals surface area contributed by atoms with Gasteiger partial charge in [0.25, 0.3) is 0 Å². The Labute approximate surface area is 170 Å². The Balaban J connectivity index is 0.00000576. The van der Waals surface area contributed by atoms with Crippen LogP contribution in [0.15, 0.2) is 4.99 Å². The Bertz CT molecular complexity index is 412. The number of rotatable bonds is 7. The summed E-state index contributed by atoms with van der Waals surface area (Å²) in [6, 6.07) is 0. The minimum absolute atomic E-state index is 0. The number of carbonyl (C=O) groups excluding carboxylic acids is 1. The standard InChI is InChI=1S/C18H37N5O.HI/c1-14(2)6-9-20-17(19)21-12-15-7-10-23(11-8-15)13-16(24)22-18(3,4)5;/h14-15H,6-13H2,1-5H3,(H,22,24)(H3,19,20,21);1H.